The molecular weight excluding hydrogens is 352 g/mol. The van der Waals surface area contributed by atoms with Crippen LogP contribution in [0.1, 0.15) is 16.1 Å². The van der Waals surface area contributed by atoms with Crippen molar-refractivity contribution in [3.05, 3.63) is 70.9 Å². The Hall–Kier alpha value is -3.12. The summed E-state index contributed by atoms with van der Waals surface area (Å²) in [6, 6.07) is 15.9. The lowest BCUT2D eigenvalue weighted by molar-refractivity contribution is 0.102. The first-order valence-corrected chi connectivity index (χ1v) is 8.25. The second-order valence-corrected chi connectivity index (χ2v) is 6.03. The van der Waals surface area contributed by atoms with Crippen LogP contribution in [0.15, 0.2) is 54.6 Å². The number of nitrogens with zero attached hydrogens (tertiary/aromatic N) is 2. The van der Waals surface area contributed by atoms with Crippen LogP contribution in [0.25, 0.3) is 0 Å². The Morgan fingerprint density at radius 2 is 1.92 bits per heavy atom. The lowest BCUT2D eigenvalue weighted by Crippen LogP contribution is -2.14. The highest BCUT2D eigenvalue weighted by Gasteiger charge is 2.10. The van der Waals surface area contributed by atoms with Crippen LogP contribution in [0, 0.1) is 6.92 Å². The molecule has 0 radical (unpaired) electrons. The van der Waals surface area contributed by atoms with E-state index in [1.165, 1.54) is 0 Å². The third-order valence-corrected chi connectivity index (χ3v) is 3.83. The first-order chi connectivity index (χ1) is 12.5. The van der Waals surface area contributed by atoms with Gasteiger partial charge in [0.15, 0.2) is 11.5 Å². The van der Waals surface area contributed by atoms with Gasteiger partial charge < -0.3 is 15.4 Å². The Bertz CT molecular complexity index is 929. The molecule has 0 atom stereocenters. The predicted molar refractivity (Wildman–Crippen MR) is 102 cm³/mol. The molecule has 2 aromatic carbocycles. The van der Waals surface area contributed by atoms with Crippen molar-refractivity contribution in [2.45, 2.75) is 6.92 Å². The second kappa shape index (κ2) is 7.84. The van der Waals surface area contributed by atoms with Gasteiger partial charge in [-0.05, 0) is 55.0 Å². The molecule has 7 heteroatoms. The zero-order valence-corrected chi connectivity index (χ0v) is 15.0. The van der Waals surface area contributed by atoms with Gasteiger partial charge in [-0.15, -0.1) is 10.2 Å². The summed E-state index contributed by atoms with van der Waals surface area (Å²) >= 11 is 5.91. The second-order valence-electron chi connectivity index (χ2n) is 5.60. The van der Waals surface area contributed by atoms with Crippen LogP contribution >= 0.6 is 11.6 Å². The fraction of sp³-hybridized carbons (Fsp3) is 0.105. The number of anilines is 3. The van der Waals surface area contributed by atoms with Crippen molar-refractivity contribution in [3.8, 4) is 5.75 Å². The molecule has 0 aliphatic rings. The van der Waals surface area contributed by atoms with Crippen LogP contribution in [-0.4, -0.2) is 23.2 Å². The Labute approximate surface area is 156 Å². The SMILES string of the molecule is COc1ccc(C)cc1Nc1ccc(C(=O)Nc2cccc(Cl)c2)nn1. The van der Waals surface area contributed by atoms with Crippen LogP contribution in [0.3, 0.4) is 0 Å². The summed E-state index contributed by atoms with van der Waals surface area (Å²) in [5, 5.41) is 14.4. The first kappa shape index (κ1) is 17.7. The molecule has 0 aliphatic carbocycles. The van der Waals surface area contributed by atoms with E-state index in [1.807, 2.05) is 25.1 Å². The zero-order valence-electron chi connectivity index (χ0n) is 14.3. The van der Waals surface area contributed by atoms with E-state index in [2.05, 4.69) is 20.8 Å². The van der Waals surface area contributed by atoms with Crippen LogP contribution in [0.2, 0.25) is 5.02 Å². The molecule has 0 aliphatic heterocycles. The minimum Gasteiger partial charge on any atom is -0.495 e. The molecule has 3 rings (SSSR count). The van der Waals surface area contributed by atoms with Crippen molar-refractivity contribution in [3.63, 3.8) is 0 Å². The molecular formula is C19H17ClN4O2. The number of nitrogens with one attached hydrogen (secondary N) is 2. The predicted octanol–water partition coefficient (Wildman–Crippen LogP) is 4.44. The minimum absolute atomic E-state index is 0.201. The number of halogens is 1. The average molecular weight is 369 g/mol. The highest BCUT2D eigenvalue weighted by atomic mass is 35.5. The van der Waals surface area contributed by atoms with Gasteiger partial charge in [0.05, 0.1) is 12.8 Å². The zero-order chi connectivity index (χ0) is 18.5. The number of methoxy groups -OCH3 is 1. The van der Waals surface area contributed by atoms with Crippen LogP contribution < -0.4 is 15.4 Å². The van der Waals surface area contributed by atoms with Crippen molar-refractivity contribution in [2.24, 2.45) is 0 Å². The average Bonchev–Trinajstić information content (AvgIpc) is 2.62. The quantitative estimate of drug-likeness (QED) is 0.696. The van der Waals surface area contributed by atoms with Gasteiger partial charge in [0, 0.05) is 10.7 Å². The van der Waals surface area contributed by atoms with Gasteiger partial charge in [-0.2, -0.15) is 0 Å². The van der Waals surface area contributed by atoms with Gasteiger partial charge in [-0.1, -0.05) is 23.7 Å². The molecule has 0 bridgehead atoms. The van der Waals surface area contributed by atoms with Crippen LogP contribution in [0.5, 0.6) is 5.75 Å². The van der Waals surface area contributed by atoms with Crippen molar-refractivity contribution in [2.75, 3.05) is 17.7 Å². The standard InChI is InChI=1S/C19H17ClN4O2/c1-12-6-8-17(26-2)16(10-12)22-18-9-7-15(23-24-18)19(25)21-14-5-3-4-13(20)11-14/h3-11H,1-2H3,(H,21,25)(H,22,24). The Balaban J connectivity index is 1.72. The molecule has 132 valence electrons. The highest BCUT2D eigenvalue weighted by molar-refractivity contribution is 6.30. The van der Waals surface area contributed by atoms with Gasteiger partial charge in [0.25, 0.3) is 5.91 Å². The summed E-state index contributed by atoms with van der Waals surface area (Å²) in [5.74, 6) is 0.841. The lowest BCUT2D eigenvalue weighted by atomic mass is 10.2. The van der Waals surface area contributed by atoms with Crippen molar-refractivity contribution in [1.29, 1.82) is 0 Å². The number of carbonyl (C=O) groups is 1. The number of rotatable bonds is 5. The summed E-state index contributed by atoms with van der Waals surface area (Å²) in [6.45, 7) is 1.99. The van der Waals surface area contributed by atoms with E-state index in [0.29, 0.717) is 22.3 Å². The Morgan fingerprint density at radius 1 is 1.08 bits per heavy atom. The molecule has 0 spiro atoms. The Morgan fingerprint density at radius 3 is 2.62 bits per heavy atom. The smallest absolute Gasteiger partial charge is 0.276 e. The highest BCUT2D eigenvalue weighted by Crippen LogP contribution is 2.27. The molecule has 3 aromatic rings. The monoisotopic (exact) mass is 368 g/mol. The normalized spacial score (nSPS) is 10.3. The molecule has 0 saturated carbocycles. The summed E-state index contributed by atoms with van der Waals surface area (Å²) in [7, 11) is 1.60. The maximum atomic E-state index is 12.2. The van der Waals surface area contributed by atoms with Crippen molar-refractivity contribution in [1.82, 2.24) is 10.2 Å². The van der Waals surface area contributed by atoms with Gasteiger partial charge in [0.2, 0.25) is 0 Å². The van der Waals surface area contributed by atoms with Gasteiger partial charge >= 0.3 is 0 Å². The van der Waals surface area contributed by atoms with Crippen molar-refractivity contribution >= 4 is 34.7 Å². The third kappa shape index (κ3) is 4.29. The molecule has 1 amide bonds. The van der Waals surface area contributed by atoms with E-state index < -0.39 is 0 Å². The van der Waals surface area contributed by atoms with Crippen LogP contribution in [0.4, 0.5) is 17.2 Å². The fourth-order valence-electron chi connectivity index (χ4n) is 2.34. The summed E-state index contributed by atoms with van der Waals surface area (Å²) in [4.78, 5) is 12.2. The molecule has 0 saturated heterocycles. The van der Waals surface area contributed by atoms with Gasteiger partial charge in [-0.25, -0.2) is 0 Å². The molecule has 1 aromatic heterocycles. The van der Waals surface area contributed by atoms with Gasteiger partial charge in [0.1, 0.15) is 5.75 Å². The Kier molecular flexibility index (Phi) is 5.34. The third-order valence-electron chi connectivity index (χ3n) is 3.60. The summed E-state index contributed by atoms with van der Waals surface area (Å²) in [6.07, 6.45) is 0. The van der Waals surface area contributed by atoms with E-state index in [4.69, 9.17) is 16.3 Å². The molecule has 26 heavy (non-hydrogen) atoms. The number of aromatic nitrogens is 2. The molecule has 0 fully saturated rings. The number of amides is 1. The number of hydrogen-bond acceptors (Lipinski definition) is 5. The molecule has 1 heterocycles. The summed E-state index contributed by atoms with van der Waals surface area (Å²) in [5.41, 5.74) is 2.65. The van der Waals surface area contributed by atoms with E-state index in [9.17, 15) is 4.79 Å². The number of benzene rings is 2. The molecule has 2 N–H and O–H groups in total. The minimum atomic E-state index is -0.362. The largest absolute Gasteiger partial charge is 0.495 e. The number of carbonyl (C=O) groups excluding carboxylic acids is 1. The van der Waals surface area contributed by atoms with E-state index in [0.717, 1.165) is 11.3 Å². The lowest BCUT2D eigenvalue weighted by Gasteiger charge is -2.11. The molecule has 6 nitrogen and oxygen atoms in total. The first-order valence-electron chi connectivity index (χ1n) is 7.87. The van der Waals surface area contributed by atoms with Crippen molar-refractivity contribution < 1.29 is 9.53 Å². The van der Waals surface area contributed by atoms with Crippen LogP contribution in [-0.2, 0) is 0 Å². The maximum absolute atomic E-state index is 12.2. The molecule has 0 unspecified atom stereocenters. The van der Waals surface area contributed by atoms with E-state index >= 15 is 0 Å². The van der Waals surface area contributed by atoms with Gasteiger partial charge in [-0.3, -0.25) is 4.79 Å². The fourth-order valence-corrected chi connectivity index (χ4v) is 2.53. The number of ether oxygens (including phenoxy) is 1. The number of hydrogen-bond donors (Lipinski definition) is 2. The topological polar surface area (TPSA) is 76.1 Å². The number of aryl methyl sites for hydroxylation is 1. The maximum Gasteiger partial charge on any atom is 0.276 e. The summed E-state index contributed by atoms with van der Waals surface area (Å²) < 4.78 is 5.32. The van der Waals surface area contributed by atoms with E-state index in [-0.39, 0.29) is 11.6 Å². The van der Waals surface area contributed by atoms with E-state index in [1.54, 1.807) is 43.5 Å².